The van der Waals surface area contributed by atoms with Gasteiger partial charge in [-0.25, -0.2) is 4.79 Å². The van der Waals surface area contributed by atoms with E-state index in [1.54, 1.807) is 13.8 Å². The largest absolute Gasteiger partial charge is 0.504 e. The summed E-state index contributed by atoms with van der Waals surface area (Å²) in [6, 6.07) is 2.45. The molecule has 0 amide bonds. The Labute approximate surface area is 101 Å². The van der Waals surface area contributed by atoms with Crippen LogP contribution in [0.2, 0.25) is 0 Å². The van der Waals surface area contributed by atoms with Crippen LogP contribution in [-0.4, -0.2) is 22.0 Å². The van der Waals surface area contributed by atoms with Crippen LogP contribution in [-0.2, 0) is 4.74 Å². The van der Waals surface area contributed by atoms with Gasteiger partial charge >= 0.3 is 11.9 Å². The first kappa shape index (κ1) is 10.8. The van der Waals surface area contributed by atoms with Crippen molar-refractivity contribution in [3.8, 4) is 17.4 Å². The van der Waals surface area contributed by atoms with Gasteiger partial charge in [0, 0.05) is 25.3 Å². The number of hydrogen-bond donors (Lipinski definition) is 2. The molecule has 1 aromatic carbocycles. The van der Waals surface area contributed by atoms with Crippen LogP contribution in [0.4, 0.5) is 0 Å². The molecule has 3 rings (SSSR count). The Morgan fingerprint density at radius 3 is 2.50 bits per heavy atom. The van der Waals surface area contributed by atoms with Crippen LogP contribution in [0.15, 0.2) is 16.5 Å². The summed E-state index contributed by atoms with van der Waals surface area (Å²) < 4.78 is 15.8. The highest BCUT2D eigenvalue weighted by Gasteiger charge is 2.38. The second-order valence-electron chi connectivity index (χ2n) is 4.49. The van der Waals surface area contributed by atoms with E-state index in [1.165, 1.54) is 12.1 Å². The van der Waals surface area contributed by atoms with Crippen molar-refractivity contribution < 1.29 is 28.9 Å². The van der Waals surface area contributed by atoms with Gasteiger partial charge in [-0.1, -0.05) is 0 Å². The fourth-order valence-corrected chi connectivity index (χ4v) is 1.88. The van der Waals surface area contributed by atoms with E-state index in [4.69, 9.17) is 13.9 Å². The van der Waals surface area contributed by atoms with Crippen LogP contribution in [0.1, 0.15) is 24.2 Å². The third-order valence-corrected chi connectivity index (χ3v) is 2.63. The monoisotopic (exact) mass is 250 g/mol. The maximum atomic E-state index is 11.9. The number of esters is 1. The molecular weight excluding hydrogens is 240 g/mol. The predicted molar refractivity (Wildman–Crippen MR) is 59.7 cm³/mol. The molecule has 94 valence electrons. The van der Waals surface area contributed by atoms with E-state index < -0.39 is 11.8 Å². The highest BCUT2D eigenvalue weighted by atomic mass is 16.8. The van der Waals surface area contributed by atoms with Crippen molar-refractivity contribution >= 4 is 16.9 Å². The van der Waals surface area contributed by atoms with Crippen molar-refractivity contribution in [2.24, 2.45) is 0 Å². The molecular formula is C12H10O6. The summed E-state index contributed by atoms with van der Waals surface area (Å²) >= 11 is 0. The van der Waals surface area contributed by atoms with Crippen molar-refractivity contribution in [1.29, 1.82) is 0 Å². The second kappa shape index (κ2) is 3.10. The fourth-order valence-electron chi connectivity index (χ4n) is 1.88. The summed E-state index contributed by atoms with van der Waals surface area (Å²) in [7, 11) is 0. The minimum atomic E-state index is -1.11. The first-order valence-corrected chi connectivity index (χ1v) is 5.28. The number of cyclic esters (lactones) is 1. The van der Waals surface area contributed by atoms with Gasteiger partial charge < -0.3 is 24.1 Å². The molecule has 0 aliphatic carbocycles. The van der Waals surface area contributed by atoms with Gasteiger partial charge in [0.1, 0.15) is 5.58 Å². The molecule has 0 saturated heterocycles. The summed E-state index contributed by atoms with van der Waals surface area (Å²) in [5, 5.41) is 19.2. The molecule has 1 aromatic heterocycles. The normalized spacial score (nSPS) is 17.1. The number of fused-ring (bicyclic) bond motifs is 3. The van der Waals surface area contributed by atoms with Gasteiger partial charge in [0.25, 0.3) is 5.79 Å². The van der Waals surface area contributed by atoms with Gasteiger partial charge in [0.05, 0.1) is 0 Å². The molecule has 2 heterocycles. The van der Waals surface area contributed by atoms with Gasteiger partial charge in [0.2, 0.25) is 0 Å². The lowest BCUT2D eigenvalue weighted by atomic mass is 10.1. The summed E-state index contributed by atoms with van der Waals surface area (Å²) in [5.74, 6) is -2.35. The van der Waals surface area contributed by atoms with Crippen LogP contribution < -0.4 is 4.74 Å². The third-order valence-electron chi connectivity index (χ3n) is 2.63. The average molecular weight is 250 g/mol. The number of phenols is 2. The Morgan fingerprint density at radius 1 is 1.11 bits per heavy atom. The molecule has 2 N–H and O–H groups in total. The lowest BCUT2D eigenvalue weighted by Gasteiger charge is -2.28. The number of phenolic OH excluding ortho intramolecular Hbond substituents is 2. The Hall–Kier alpha value is -2.37. The van der Waals surface area contributed by atoms with Gasteiger partial charge in [-0.3, -0.25) is 0 Å². The van der Waals surface area contributed by atoms with Crippen LogP contribution in [0.3, 0.4) is 0 Å². The van der Waals surface area contributed by atoms with E-state index in [0.717, 1.165) is 0 Å². The maximum Gasteiger partial charge on any atom is 0.349 e. The number of hydrogen-bond acceptors (Lipinski definition) is 6. The van der Waals surface area contributed by atoms with Crippen LogP contribution >= 0.6 is 0 Å². The number of rotatable bonds is 0. The van der Waals surface area contributed by atoms with Gasteiger partial charge in [-0.2, -0.15) is 0 Å². The van der Waals surface area contributed by atoms with Crippen LogP contribution in [0.5, 0.6) is 17.4 Å². The maximum absolute atomic E-state index is 11.9. The van der Waals surface area contributed by atoms with Crippen LogP contribution in [0.25, 0.3) is 11.0 Å². The highest BCUT2D eigenvalue weighted by molar-refractivity contribution is 6.07. The standard InChI is InChI=1S/C12H10O6/c1-12(2)17-10(15)9-5-3-6(13)7(14)4-8(5)16-11(9)18-12/h3-4,13-14H,1-2H3. The Bertz CT molecular complexity index is 667. The number of benzene rings is 1. The first-order valence-electron chi connectivity index (χ1n) is 5.28. The van der Waals surface area contributed by atoms with Gasteiger partial charge in [-0.05, 0) is 6.07 Å². The van der Waals surface area contributed by atoms with Crippen LogP contribution in [0, 0.1) is 0 Å². The molecule has 0 spiro atoms. The molecule has 6 heteroatoms. The van der Waals surface area contributed by atoms with Gasteiger partial charge in [0.15, 0.2) is 17.1 Å². The first-order chi connectivity index (χ1) is 8.37. The minimum absolute atomic E-state index is 0.0243. The molecule has 1 aliphatic rings. The SMILES string of the molecule is CC1(C)OC(=O)c2c(oc3cc(O)c(O)cc23)O1. The Kier molecular flexibility index (Phi) is 1.85. The molecule has 0 bridgehead atoms. The molecule has 1 aliphatic heterocycles. The summed E-state index contributed by atoms with van der Waals surface area (Å²) in [6.45, 7) is 3.16. The molecule has 6 nitrogen and oxygen atoms in total. The molecule has 18 heavy (non-hydrogen) atoms. The molecule has 0 atom stereocenters. The topological polar surface area (TPSA) is 89.1 Å². The third kappa shape index (κ3) is 1.38. The lowest BCUT2D eigenvalue weighted by molar-refractivity contribution is -0.136. The zero-order valence-electron chi connectivity index (χ0n) is 9.68. The summed E-state index contributed by atoms with van der Waals surface area (Å²) in [6.07, 6.45) is 0. The van der Waals surface area contributed by atoms with E-state index in [-0.39, 0.29) is 28.6 Å². The minimum Gasteiger partial charge on any atom is -0.504 e. The van der Waals surface area contributed by atoms with Crippen molar-refractivity contribution in [2.45, 2.75) is 19.6 Å². The zero-order chi connectivity index (χ0) is 13.1. The zero-order valence-corrected chi connectivity index (χ0v) is 9.68. The number of furan rings is 1. The number of aromatic hydroxyl groups is 2. The predicted octanol–water partition coefficient (Wildman–Crippen LogP) is 2.13. The average Bonchev–Trinajstić information content (AvgIpc) is 2.54. The number of ether oxygens (including phenoxy) is 2. The summed E-state index contributed by atoms with van der Waals surface area (Å²) in [4.78, 5) is 11.9. The van der Waals surface area contributed by atoms with E-state index in [0.29, 0.717) is 5.39 Å². The van der Waals surface area contributed by atoms with E-state index in [2.05, 4.69) is 0 Å². The van der Waals surface area contributed by atoms with Crippen molar-refractivity contribution in [1.82, 2.24) is 0 Å². The smallest absolute Gasteiger partial charge is 0.349 e. The highest BCUT2D eigenvalue weighted by Crippen LogP contribution is 2.42. The molecule has 0 radical (unpaired) electrons. The number of carbonyl (C=O) groups is 1. The van der Waals surface area contributed by atoms with Crippen molar-refractivity contribution in [3.63, 3.8) is 0 Å². The quantitative estimate of drug-likeness (QED) is 0.550. The Morgan fingerprint density at radius 2 is 1.78 bits per heavy atom. The fraction of sp³-hybridized carbons (Fsp3) is 0.250. The Balaban J connectivity index is 2.30. The summed E-state index contributed by atoms with van der Waals surface area (Å²) in [5.41, 5.74) is 0.351. The number of carbonyl (C=O) groups excluding carboxylic acids is 1. The van der Waals surface area contributed by atoms with Crippen molar-refractivity contribution in [2.75, 3.05) is 0 Å². The molecule has 0 fully saturated rings. The van der Waals surface area contributed by atoms with Gasteiger partial charge in [-0.15, -0.1) is 0 Å². The molecule has 0 saturated carbocycles. The second-order valence-corrected chi connectivity index (χ2v) is 4.49. The molecule has 2 aromatic rings. The van der Waals surface area contributed by atoms with E-state index in [9.17, 15) is 15.0 Å². The van der Waals surface area contributed by atoms with Crippen molar-refractivity contribution in [3.05, 3.63) is 17.7 Å². The van der Waals surface area contributed by atoms with E-state index >= 15 is 0 Å². The van der Waals surface area contributed by atoms with E-state index in [1.807, 2.05) is 0 Å². The lowest BCUT2D eigenvalue weighted by Crippen LogP contribution is -2.38. The molecule has 0 unspecified atom stereocenters.